The maximum Gasteiger partial charge on any atom is 0.0455 e. The average Bonchev–Trinajstić information content (AvgIpc) is 2.44. The van der Waals surface area contributed by atoms with Crippen molar-refractivity contribution in [2.75, 3.05) is 25.0 Å². The Morgan fingerprint density at radius 2 is 2.05 bits per heavy atom. The van der Waals surface area contributed by atoms with E-state index in [0.29, 0.717) is 6.04 Å². The molecule has 2 nitrogen and oxygen atoms in total. The molecule has 1 saturated heterocycles. The maximum atomic E-state index is 6.19. The predicted octanol–water partition coefficient (Wildman–Crippen LogP) is 4.57. The van der Waals surface area contributed by atoms with Crippen molar-refractivity contribution in [3.8, 4) is 0 Å². The molecule has 20 heavy (non-hydrogen) atoms. The lowest BCUT2D eigenvalue weighted by molar-refractivity contribution is 0.176. The highest BCUT2D eigenvalue weighted by atomic mass is 35.5. The molecule has 0 spiro atoms. The van der Waals surface area contributed by atoms with Crippen LogP contribution in [0.3, 0.4) is 0 Å². The number of likely N-dealkylation sites (tertiary alicyclic amines) is 1. The first-order chi connectivity index (χ1) is 9.60. The lowest BCUT2D eigenvalue weighted by Gasteiger charge is -2.35. The van der Waals surface area contributed by atoms with Gasteiger partial charge in [0.1, 0.15) is 0 Å². The summed E-state index contributed by atoms with van der Waals surface area (Å²) in [7, 11) is 0. The predicted molar refractivity (Wildman–Crippen MR) is 88.7 cm³/mol. The van der Waals surface area contributed by atoms with Gasteiger partial charge >= 0.3 is 0 Å². The van der Waals surface area contributed by atoms with Gasteiger partial charge in [-0.1, -0.05) is 24.6 Å². The average molecular weight is 295 g/mol. The minimum Gasteiger partial charge on any atom is -0.382 e. The van der Waals surface area contributed by atoms with Crippen LogP contribution >= 0.6 is 11.6 Å². The number of hydrogen-bond donors (Lipinski definition) is 1. The van der Waals surface area contributed by atoms with Gasteiger partial charge in [0.05, 0.1) is 0 Å². The molecule has 0 amide bonds. The lowest BCUT2D eigenvalue weighted by atomic mass is 9.90. The summed E-state index contributed by atoms with van der Waals surface area (Å²) >= 11 is 6.19. The third-order valence-corrected chi connectivity index (χ3v) is 4.85. The van der Waals surface area contributed by atoms with Crippen molar-refractivity contribution in [1.82, 2.24) is 4.90 Å². The third kappa shape index (κ3) is 4.13. The molecule has 2 rings (SSSR count). The highest BCUT2D eigenvalue weighted by Crippen LogP contribution is 2.25. The molecule has 1 fully saturated rings. The number of rotatable bonds is 5. The normalized spacial score (nSPS) is 19.0. The highest BCUT2D eigenvalue weighted by Gasteiger charge is 2.23. The molecule has 1 heterocycles. The summed E-state index contributed by atoms with van der Waals surface area (Å²) in [6.07, 6.45) is 3.86. The molecule has 1 aromatic carbocycles. The van der Waals surface area contributed by atoms with E-state index in [1.165, 1.54) is 38.9 Å². The van der Waals surface area contributed by atoms with Crippen molar-refractivity contribution in [3.63, 3.8) is 0 Å². The van der Waals surface area contributed by atoms with Crippen LogP contribution in [0.5, 0.6) is 0 Å². The second-order valence-corrected chi connectivity index (χ2v) is 6.48. The zero-order valence-electron chi connectivity index (χ0n) is 13.0. The number of aryl methyl sites for hydroxylation is 1. The largest absolute Gasteiger partial charge is 0.382 e. The summed E-state index contributed by atoms with van der Waals surface area (Å²) in [6.45, 7) is 10.4. The van der Waals surface area contributed by atoms with Gasteiger partial charge in [0.2, 0.25) is 0 Å². The van der Waals surface area contributed by atoms with Gasteiger partial charge in [0.25, 0.3) is 0 Å². The van der Waals surface area contributed by atoms with Gasteiger partial charge in [-0.05, 0) is 76.4 Å². The standard InChI is InChI=1S/C17H27ClN2/c1-4-9-20-10-7-15(8-11-20)14(3)19-16-6-5-13(2)17(18)12-16/h5-6,12,14-15,19H,4,7-11H2,1-3H3. The number of halogens is 1. The molecular formula is C17H27ClN2. The monoisotopic (exact) mass is 294 g/mol. The summed E-state index contributed by atoms with van der Waals surface area (Å²) in [5.74, 6) is 0.767. The molecule has 1 aromatic rings. The molecule has 0 aliphatic carbocycles. The quantitative estimate of drug-likeness (QED) is 0.856. The van der Waals surface area contributed by atoms with Crippen LogP contribution in [-0.2, 0) is 0 Å². The molecule has 1 N–H and O–H groups in total. The Balaban J connectivity index is 1.86. The number of nitrogens with zero attached hydrogens (tertiary/aromatic N) is 1. The Bertz CT molecular complexity index is 425. The first-order valence-electron chi connectivity index (χ1n) is 7.85. The molecule has 3 heteroatoms. The van der Waals surface area contributed by atoms with Crippen LogP contribution in [0.25, 0.3) is 0 Å². The van der Waals surface area contributed by atoms with Crippen LogP contribution in [0.1, 0.15) is 38.7 Å². The van der Waals surface area contributed by atoms with E-state index in [2.05, 4.69) is 36.2 Å². The number of piperidine rings is 1. The van der Waals surface area contributed by atoms with E-state index < -0.39 is 0 Å². The van der Waals surface area contributed by atoms with Crippen molar-refractivity contribution in [2.45, 2.75) is 46.1 Å². The number of benzene rings is 1. The summed E-state index contributed by atoms with van der Waals surface area (Å²) in [4.78, 5) is 2.59. The van der Waals surface area contributed by atoms with Crippen LogP contribution in [0.4, 0.5) is 5.69 Å². The van der Waals surface area contributed by atoms with E-state index in [1.54, 1.807) is 0 Å². The maximum absolute atomic E-state index is 6.19. The first kappa shape index (κ1) is 15.7. The number of hydrogen-bond acceptors (Lipinski definition) is 2. The summed E-state index contributed by atoms with van der Waals surface area (Å²) in [6, 6.07) is 6.77. The van der Waals surface area contributed by atoms with Gasteiger partial charge < -0.3 is 10.2 Å². The Morgan fingerprint density at radius 3 is 2.65 bits per heavy atom. The lowest BCUT2D eigenvalue weighted by Crippen LogP contribution is -2.39. The minimum atomic E-state index is 0.512. The molecule has 1 unspecified atom stereocenters. The minimum absolute atomic E-state index is 0.512. The molecule has 1 aliphatic rings. The van der Waals surface area contributed by atoms with Gasteiger partial charge in [0.15, 0.2) is 0 Å². The van der Waals surface area contributed by atoms with E-state index in [4.69, 9.17) is 11.6 Å². The highest BCUT2D eigenvalue weighted by molar-refractivity contribution is 6.31. The molecule has 0 bridgehead atoms. The van der Waals surface area contributed by atoms with Crippen molar-refractivity contribution < 1.29 is 0 Å². The van der Waals surface area contributed by atoms with E-state index in [1.807, 2.05) is 13.0 Å². The van der Waals surface area contributed by atoms with E-state index >= 15 is 0 Å². The third-order valence-electron chi connectivity index (χ3n) is 4.45. The fraction of sp³-hybridized carbons (Fsp3) is 0.647. The molecule has 112 valence electrons. The van der Waals surface area contributed by atoms with Gasteiger partial charge in [-0.15, -0.1) is 0 Å². The van der Waals surface area contributed by atoms with Gasteiger partial charge in [0, 0.05) is 16.8 Å². The first-order valence-corrected chi connectivity index (χ1v) is 8.23. The van der Waals surface area contributed by atoms with Crippen molar-refractivity contribution in [3.05, 3.63) is 28.8 Å². The van der Waals surface area contributed by atoms with Gasteiger partial charge in [-0.2, -0.15) is 0 Å². The van der Waals surface area contributed by atoms with Gasteiger partial charge in [-0.3, -0.25) is 0 Å². The summed E-state index contributed by atoms with van der Waals surface area (Å²) < 4.78 is 0. The van der Waals surface area contributed by atoms with Crippen LogP contribution < -0.4 is 5.32 Å². The van der Waals surface area contributed by atoms with Crippen molar-refractivity contribution in [1.29, 1.82) is 0 Å². The topological polar surface area (TPSA) is 15.3 Å². The zero-order valence-corrected chi connectivity index (χ0v) is 13.7. The fourth-order valence-corrected chi connectivity index (χ4v) is 3.24. The SMILES string of the molecule is CCCN1CCC(C(C)Nc2ccc(C)c(Cl)c2)CC1. The van der Waals surface area contributed by atoms with Crippen molar-refractivity contribution >= 4 is 17.3 Å². The van der Waals surface area contributed by atoms with Gasteiger partial charge in [-0.25, -0.2) is 0 Å². The molecule has 1 aliphatic heterocycles. The smallest absolute Gasteiger partial charge is 0.0455 e. The number of anilines is 1. The van der Waals surface area contributed by atoms with E-state index in [9.17, 15) is 0 Å². The van der Waals surface area contributed by atoms with Crippen molar-refractivity contribution in [2.24, 2.45) is 5.92 Å². The second kappa shape index (κ2) is 7.33. The van der Waals surface area contributed by atoms with E-state index in [-0.39, 0.29) is 0 Å². The molecular weight excluding hydrogens is 268 g/mol. The summed E-state index contributed by atoms with van der Waals surface area (Å²) in [5, 5.41) is 4.47. The van der Waals surface area contributed by atoms with Crippen LogP contribution in [0.15, 0.2) is 18.2 Å². The van der Waals surface area contributed by atoms with Crippen LogP contribution in [0, 0.1) is 12.8 Å². The fourth-order valence-electron chi connectivity index (χ4n) is 3.06. The Hall–Kier alpha value is -0.730. The van der Waals surface area contributed by atoms with E-state index in [0.717, 1.165) is 22.2 Å². The Labute approximate surface area is 128 Å². The molecule has 0 aromatic heterocycles. The summed E-state index contributed by atoms with van der Waals surface area (Å²) in [5.41, 5.74) is 2.28. The number of nitrogens with one attached hydrogen (secondary N) is 1. The van der Waals surface area contributed by atoms with Crippen LogP contribution in [-0.4, -0.2) is 30.6 Å². The molecule has 0 saturated carbocycles. The Morgan fingerprint density at radius 1 is 1.35 bits per heavy atom. The zero-order chi connectivity index (χ0) is 14.5. The molecule has 0 radical (unpaired) electrons. The molecule has 1 atom stereocenters. The van der Waals surface area contributed by atoms with Crippen LogP contribution in [0.2, 0.25) is 5.02 Å². The Kier molecular flexibility index (Phi) is 5.74. The second-order valence-electron chi connectivity index (χ2n) is 6.08.